The quantitative estimate of drug-likeness (QED) is 0.294. The van der Waals surface area contributed by atoms with E-state index in [1.54, 1.807) is 0 Å². The van der Waals surface area contributed by atoms with Gasteiger partial charge in [0.25, 0.3) is 0 Å². The fourth-order valence-electron chi connectivity index (χ4n) is 3.20. The molecule has 0 aromatic heterocycles. The zero-order valence-electron chi connectivity index (χ0n) is 19.3. The van der Waals surface area contributed by atoms with Crippen LogP contribution in [-0.4, -0.2) is 17.7 Å². The first-order valence-electron chi connectivity index (χ1n) is 11.1. The van der Waals surface area contributed by atoms with Gasteiger partial charge in [-0.1, -0.05) is 102 Å². The molecule has 0 aliphatic heterocycles. The third kappa shape index (κ3) is 8.82. The third-order valence-corrected chi connectivity index (χ3v) is 5.77. The molecule has 0 fully saturated rings. The van der Waals surface area contributed by atoms with Gasteiger partial charge in [-0.2, -0.15) is 0 Å². The first kappa shape index (κ1) is 26.9. The number of carboxylic acid groups (broad SMARTS) is 1. The number of aliphatic carboxylic acids is 1. The van der Waals surface area contributed by atoms with E-state index in [1.165, 1.54) is 12.0 Å². The van der Waals surface area contributed by atoms with Crippen molar-refractivity contribution >= 4 is 43.4 Å². The Kier molecular flexibility index (Phi) is 11.4. The van der Waals surface area contributed by atoms with Crippen LogP contribution in [0.2, 0.25) is 0 Å². The van der Waals surface area contributed by atoms with Gasteiger partial charge in [-0.05, 0) is 71.0 Å². The van der Waals surface area contributed by atoms with Gasteiger partial charge in [-0.3, -0.25) is 0 Å². The summed E-state index contributed by atoms with van der Waals surface area (Å²) in [5.41, 5.74) is 5.63. The van der Waals surface area contributed by atoms with E-state index in [2.05, 4.69) is 82.1 Å². The smallest absolute Gasteiger partial charge is 0.341 e. The molecule has 0 aliphatic rings. The van der Waals surface area contributed by atoms with E-state index in [-0.39, 0.29) is 6.61 Å². The summed E-state index contributed by atoms with van der Waals surface area (Å²) in [5, 5.41) is 8.85. The molecule has 0 amide bonds. The zero-order valence-corrected chi connectivity index (χ0v) is 22.4. The molecule has 3 rings (SSSR count). The third-order valence-electron chi connectivity index (χ3n) is 4.71. The van der Waals surface area contributed by atoms with Crippen molar-refractivity contribution in [2.45, 2.75) is 40.0 Å². The molecular formula is C28H30Br2O3. The molecule has 33 heavy (non-hydrogen) atoms. The molecule has 0 saturated carbocycles. The van der Waals surface area contributed by atoms with Crippen LogP contribution in [0.4, 0.5) is 0 Å². The molecule has 0 radical (unpaired) electrons. The van der Waals surface area contributed by atoms with E-state index in [1.807, 2.05) is 43.3 Å². The van der Waals surface area contributed by atoms with Crippen LogP contribution in [0, 0.1) is 0 Å². The first-order valence-corrected chi connectivity index (χ1v) is 12.6. The van der Waals surface area contributed by atoms with Crippen LogP contribution in [0.5, 0.6) is 5.75 Å². The number of benzene rings is 3. The number of carboxylic acids is 1. The highest BCUT2D eigenvalue weighted by Crippen LogP contribution is 2.28. The van der Waals surface area contributed by atoms with Crippen molar-refractivity contribution in [3.05, 3.63) is 104 Å². The minimum atomic E-state index is -0.974. The molecule has 174 valence electrons. The minimum Gasteiger partial charge on any atom is -0.482 e. The van der Waals surface area contributed by atoms with Crippen molar-refractivity contribution in [2.24, 2.45) is 0 Å². The highest BCUT2D eigenvalue weighted by Gasteiger charge is 2.08. The lowest BCUT2D eigenvalue weighted by Crippen LogP contribution is -2.10. The fraction of sp³-hybridized carbons (Fsp3) is 0.250. The summed E-state index contributed by atoms with van der Waals surface area (Å²) in [5.74, 6) is -0.341. The summed E-state index contributed by atoms with van der Waals surface area (Å²) in [7, 11) is 0. The van der Waals surface area contributed by atoms with Crippen LogP contribution in [0.3, 0.4) is 0 Å². The van der Waals surface area contributed by atoms with Crippen molar-refractivity contribution in [3.63, 3.8) is 0 Å². The molecule has 3 aromatic rings. The number of rotatable bonds is 8. The van der Waals surface area contributed by atoms with Gasteiger partial charge in [0.15, 0.2) is 6.61 Å². The molecule has 3 aromatic carbocycles. The molecule has 0 unspecified atom stereocenters. The molecule has 0 atom stereocenters. The van der Waals surface area contributed by atoms with E-state index in [4.69, 9.17) is 9.84 Å². The number of ether oxygens (including phenoxy) is 1. The Morgan fingerprint density at radius 3 is 1.85 bits per heavy atom. The lowest BCUT2D eigenvalue weighted by molar-refractivity contribution is -0.139. The van der Waals surface area contributed by atoms with E-state index in [0.29, 0.717) is 5.75 Å². The summed E-state index contributed by atoms with van der Waals surface area (Å²) >= 11 is 7.01. The Labute approximate surface area is 213 Å². The number of carbonyl (C=O) groups is 1. The van der Waals surface area contributed by atoms with Gasteiger partial charge in [-0.25, -0.2) is 4.79 Å². The van der Waals surface area contributed by atoms with E-state index < -0.39 is 5.97 Å². The molecule has 5 heteroatoms. The van der Waals surface area contributed by atoms with Crippen LogP contribution in [0.15, 0.2) is 81.8 Å². The normalized spacial score (nSPS) is 10.1. The Balaban J connectivity index is 0.00000122. The molecule has 0 heterocycles. The highest BCUT2D eigenvalue weighted by atomic mass is 79.9. The molecule has 0 spiro atoms. The molecule has 0 bridgehead atoms. The average Bonchev–Trinajstić information content (AvgIpc) is 2.80. The maximum absolute atomic E-state index is 10.8. The van der Waals surface area contributed by atoms with Gasteiger partial charge in [-0.15, -0.1) is 0 Å². The number of hydrogen-bond acceptors (Lipinski definition) is 2. The summed E-state index contributed by atoms with van der Waals surface area (Å²) in [4.78, 5) is 10.8. The first-order chi connectivity index (χ1) is 15.9. The Morgan fingerprint density at radius 2 is 1.39 bits per heavy atom. The van der Waals surface area contributed by atoms with Crippen molar-refractivity contribution in [1.82, 2.24) is 0 Å². The van der Waals surface area contributed by atoms with E-state index in [9.17, 15) is 4.79 Å². The highest BCUT2D eigenvalue weighted by molar-refractivity contribution is 9.10. The number of halogens is 2. The number of hydrogen-bond donors (Lipinski definition) is 1. The van der Waals surface area contributed by atoms with Crippen molar-refractivity contribution in [3.8, 4) is 5.75 Å². The summed E-state index contributed by atoms with van der Waals surface area (Å²) in [6.45, 7) is 5.96. The van der Waals surface area contributed by atoms with Gasteiger partial charge in [0.1, 0.15) is 5.75 Å². The van der Waals surface area contributed by atoms with Crippen molar-refractivity contribution < 1.29 is 14.6 Å². The monoisotopic (exact) mass is 572 g/mol. The summed E-state index contributed by atoms with van der Waals surface area (Å²) in [6.07, 6.45) is 5.02. The second-order valence-corrected chi connectivity index (χ2v) is 9.35. The van der Waals surface area contributed by atoms with Gasteiger partial charge >= 0.3 is 5.97 Å². The fourth-order valence-corrected chi connectivity index (χ4v) is 3.73. The van der Waals surface area contributed by atoms with Crippen molar-refractivity contribution in [2.75, 3.05) is 6.61 Å². The Hall–Kier alpha value is -2.37. The predicted octanol–water partition coefficient (Wildman–Crippen LogP) is 8.33. The standard InChI is InChI=1S/C25H22Br2O3.C3H8/c1-2-18-15-17(4-14-24(18)30-16-25(28)29)3-13-23(19-5-9-21(26)10-6-19)20-7-11-22(27)12-8-20;1-3-2/h4-15H,2-3,16H2,1H3,(H,28,29);3H2,1-2H3. The van der Waals surface area contributed by atoms with E-state index >= 15 is 0 Å². The van der Waals surface area contributed by atoms with Gasteiger partial charge < -0.3 is 9.84 Å². The molecule has 0 saturated heterocycles. The Bertz CT molecular complexity index is 1010. The van der Waals surface area contributed by atoms with Crippen LogP contribution >= 0.6 is 31.9 Å². The molecule has 3 nitrogen and oxygen atoms in total. The Morgan fingerprint density at radius 1 is 0.879 bits per heavy atom. The maximum Gasteiger partial charge on any atom is 0.341 e. The van der Waals surface area contributed by atoms with Crippen LogP contribution in [0.1, 0.15) is 49.4 Å². The average molecular weight is 574 g/mol. The summed E-state index contributed by atoms with van der Waals surface area (Å²) < 4.78 is 7.50. The zero-order chi connectivity index (χ0) is 24.2. The second kappa shape index (κ2) is 14.0. The van der Waals surface area contributed by atoms with E-state index in [0.717, 1.165) is 44.0 Å². The lowest BCUT2D eigenvalue weighted by Gasteiger charge is -2.12. The maximum atomic E-state index is 10.8. The molecule has 1 N–H and O–H groups in total. The van der Waals surface area contributed by atoms with Crippen LogP contribution < -0.4 is 4.74 Å². The second-order valence-electron chi connectivity index (χ2n) is 7.52. The number of aryl methyl sites for hydroxylation is 1. The largest absolute Gasteiger partial charge is 0.482 e. The van der Waals surface area contributed by atoms with Gasteiger partial charge in [0.05, 0.1) is 0 Å². The molecular weight excluding hydrogens is 544 g/mol. The van der Waals surface area contributed by atoms with Crippen LogP contribution in [-0.2, 0) is 17.6 Å². The van der Waals surface area contributed by atoms with Gasteiger partial charge in [0, 0.05) is 8.95 Å². The van der Waals surface area contributed by atoms with Crippen LogP contribution in [0.25, 0.3) is 5.57 Å². The molecule has 0 aliphatic carbocycles. The summed E-state index contributed by atoms with van der Waals surface area (Å²) in [6, 6.07) is 22.6. The minimum absolute atomic E-state index is 0.330. The lowest BCUT2D eigenvalue weighted by atomic mass is 9.95. The predicted molar refractivity (Wildman–Crippen MR) is 144 cm³/mol. The van der Waals surface area contributed by atoms with Gasteiger partial charge in [0.2, 0.25) is 0 Å². The SMILES string of the molecule is CCC.CCc1cc(CC=C(c2ccc(Br)cc2)c2ccc(Br)cc2)ccc1OCC(=O)O. The topological polar surface area (TPSA) is 46.5 Å². The van der Waals surface area contributed by atoms with Crippen molar-refractivity contribution in [1.29, 1.82) is 0 Å². The number of allylic oxidation sites excluding steroid dienone is 1.